The fraction of sp³-hybridized carbons (Fsp3) is 0.538. The molecule has 0 bridgehead atoms. The van der Waals surface area contributed by atoms with E-state index in [0.29, 0.717) is 11.9 Å². The second kappa shape index (κ2) is 5.67. The minimum atomic E-state index is 0.313. The number of aryl methyl sites for hydroxylation is 1. The minimum absolute atomic E-state index is 0.313. The first-order valence-electron chi connectivity index (χ1n) is 6.65. The zero-order valence-electron chi connectivity index (χ0n) is 11.6. The average Bonchev–Trinajstić information content (AvgIpc) is 3.10. The van der Waals surface area contributed by atoms with E-state index >= 15 is 0 Å². The molecule has 0 aromatic carbocycles. The molecule has 0 radical (unpaired) electrons. The standard InChI is InChI=1S/C13H18N4OS2/c1-8-15-10(7-19-8)11-12(14)16-20-13(11)17(2)6-9-4-3-5-18-9/h7,9H,3-6H2,1-2H3,(H2,14,16). The molecule has 5 nitrogen and oxygen atoms in total. The molecule has 1 saturated heterocycles. The van der Waals surface area contributed by atoms with Gasteiger partial charge in [0.25, 0.3) is 0 Å². The minimum Gasteiger partial charge on any atom is -0.382 e. The molecule has 1 unspecified atom stereocenters. The van der Waals surface area contributed by atoms with Crippen molar-refractivity contribution in [2.45, 2.75) is 25.9 Å². The zero-order chi connectivity index (χ0) is 14.1. The molecule has 2 aromatic heterocycles. The lowest BCUT2D eigenvalue weighted by molar-refractivity contribution is 0.116. The largest absolute Gasteiger partial charge is 0.382 e. The second-order valence-electron chi connectivity index (χ2n) is 5.02. The first-order chi connectivity index (χ1) is 9.65. The summed E-state index contributed by atoms with van der Waals surface area (Å²) in [4.78, 5) is 6.72. The van der Waals surface area contributed by atoms with Crippen LogP contribution in [-0.2, 0) is 4.74 Å². The Kier molecular flexibility index (Phi) is 3.91. The van der Waals surface area contributed by atoms with E-state index in [1.165, 1.54) is 11.5 Å². The molecule has 7 heteroatoms. The number of nitrogens with zero attached hydrogens (tertiary/aromatic N) is 3. The van der Waals surface area contributed by atoms with E-state index in [9.17, 15) is 0 Å². The molecule has 2 aromatic rings. The van der Waals surface area contributed by atoms with Crippen molar-refractivity contribution in [2.24, 2.45) is 0 Å². The number of hydrogen-bond acceptors (Lipinski definition) is 7. The molecule has 1 aliphatic heterocycles. The first kappa shape index (κ1) is 13.8. The van der Waals surface area contributed by atoms with Crippen LogP contribution in [0.5, 0.6) is 0 Å². The molecule has 2 N–H and O–H groups in total. The second-order valence-corrected chi connectivity index (χ2v) is 6.83. The summed E-state index contributed by atoms with van der Waals surface area (Å²) in [5.41, 5.74) is 7.92. The van der Waals surface area contributed by atoms with Gasteiger partial charge in [0.2, 0.25) is 0 Å². The van der Waals surface area contributed by atoms with Gasteiger partial charge in [0.05, 0.1) is 22.4 Å². The molecule has 1 fully saturated rings. The van der Waals surface area contributed by atoms with Crippen LogP contribution in [0.1, 0.15) is 17.8 Å². The SMILES string of the molecule is Cc1nc(-c2c(N)nsc2N(C)CC2CCCO2)cs1. The van der Waals surface area contributed by atoms with Crippen LogP contribution < -0.4 is 10.6 Å². The van der Waals surface area contributed by atoms with Crippen molar-refractivity contribution >= 4 is 33.7 Å². The van der Waals surface area contributed by atoms with Crippen LogP contribution in [0.15, 0.2) is 5.38 Å². The topological polar surface area (TPSA) is 64.3 Å². The van der Waals surface area contributed by atoms with Crippen LogP contribution in [0.2, 0.25) is 0 Å². The highest BCUT2D eigenvalue weighted by atomic mass is 32.1. The summed E-state index contributed by atoms with van der Waals surface area (Å²) < 4.78 is 10.00. The summed E-state index contributed by atoms with van der Waals surface area (Å²) in [6, 6.07) is 0. The van der Waals surface area contributed by atoms with Crippen molar-refractivity contribution in [2.75, 3.05) is 30.8 Å². The van der Waals surface area contributed by atoms with Gasteiger partial charge >= 0.3 is 0 Å². The number of anilines is 2. The molecular weight excluding hydrogens is 292 g/mol. The van der Waals surface area contributed by atoms with Crippen molar-refractivity contribution in [1.82, 2.24) is 9.36 Å². The Labute approximate surface area is 126 Å². The lowest BCUT2D eigenvalue weighted by atomic mass is 10.2. The Bertz CT molecular complexity index is 589. The average molecular weight is 310 g/mol. The van der Waals surface area contributed by atoms with Crippen molar-refractivity contribution in [3.8, 4) is 11.3 Å². The van der Waals surface area contributed by atoms with Crippen LogP contribution >= 0.6 is 22.9 Å². The molecule has 3 rings (SSSR count). The van der Waals surface area contributed by atoms with E-state index in [-0.39, 0.29) is 0 Å². The summed E-state index contributed by atoms with van der Waals surface area (Å²) >= 11 is 3.06. The van der Waals surface area contributed by atoms with Gasteiger partial charge in [-0.2, -0.15) is 4.37 Å². The highest BCUT2D eigenvalue weighted by Gasteiger charge is 2.23. The van der Waals surface area contributed by atoms with Crippen LogP contribution in [0.25, 0.3) is 11.3 Å². The summed E-state index contributed by atoms with van der Waals surface area (Å²) in [5.74, 6) is 0.564. The van der Waals surface area contributed by atoms with E-state index in [0.717, 1.165) is 47.3 Å². The molecular formula is C13H18N4OS2. The molecule has 1 atom stereocenters. The van der Waals surface area contributed by atoms with Crippen LogP contribution in [0.4, 0.5) is 10.8 Å². The van der Waals surface area contributed by atoms with E-state index in [1.54, 1.807) is 11.3 Å². The number of nitrogens with two attached hydrogens (primary N) is 1. The Morgan fingerprint density at radius 1 is 1.55 bits per heavy atom. The maximum absolute atomic E-state index is 6.03. The van der Waals surface area contributed by atoms with Gasteiger partial charge in [-0.15, -0.1) is 11.3 Å². The van der Waals surface area contributed by atoms with Crippen molar-refractivity contribution in [3.05, 3.63) is 10.4 Å². The quantitative estimate of drug-likeness (QED) is 0.940. The van der Waals surface area contributed by atoms with E-state index in [4.69, 9.17) is 10.5 Å². The Hall–Kier alpha value is -1.18. The summed E-state index contributed by atoms with van der Waals surface area (Å²) in [5, 5.41) is 4.15. The van der Waals surface area contributed by atoms with Gasteiger partial charge in [-0.25, -0.2) is 4.98 Å². The third-order valence-corrected chi connectivity index (χ3v) is 5.17. The van der Waals surface area contributed by atoms with E-state index in [2.05, 4.69) is 21.3 Å². The monoisotopic (exact) mass is 310 g/mol. The Morgan fingerprint density at radius 3 is 3.05 bits per heavy atom. The smallest absolute Gasteiger partial charge is 0.148 e. The maximum atomic E-state index is 6.03. The molecule has 20 heavy (non-hydrogen) atoms. The predicted octanol–water partition coefficient (Wildman–Crippen LogP) is 2.77. The third kappa shape index (κ3) is 2.65. The number of aromatic nitrogens is 2. The number of rotatable bonds is 4. The van der Waals surface area contributed by atoms with Crippen molar-refractivity contribution in [1.29, 1.82) is 0 Å². The lowest BCUT2D eigenvalue weighted by Crippen LogP contribution is -2.28. The van der Waals surface area contributed by atoms with Gasteiger partial charge in [0.15, 0.2) is 0 Å². The van der Waals surface area contributed by atoms with Gasteiger partial charge in [0.1, 0.15) is 10.8 Å². The normalized spacial score (nSPS) is 18.6. The fourth-order valence-corrected chi connectivity index (χ4v) is 3.84. The van der Waals surface area contributed by atoms with Crippen LogP contribution in [0, 0.1) is 6.92 Å². The molecule has 0 amide bonds. The van der Waals surface area contributed by atoms with Gasteiger partial charge in [-0.1, -0.05) is 0 Å². The van der Waals surface area contributed by atoms with Gasteiger partial charge in [0, 0.05) is 25.6 Å². The van der Waals surface area contributed by atoms with Crippen molar-refractivity contribution < 1.29 is 4.74 Å². The van der Waals surface area contributed by atoms with Crippen molar-refractivity contribution in [3.63, 3.8) is 0 Å². The lowest BCUT2D eigenvalue weighted by Gasteiger charge is -2.21. The molecule has 0 spiro atoms. The van der Waals surface area contributed by atoms with E-state index in [1.807, 2.05) is 12.3 Å². The Morgan fingerprint density at radius 2 is 2.40 bits per heavy atom. The maximum Gasteiger partial charge on any atom is 0.148 e. The number of nitrogen functional groups attached to an aromatic ring is 1. The van der Waals surface area contributed by atoms with Gasteiger partial charge < -0.3 is 15.4 Å². The fourth-order valence-electron chi connectivity index (χ4n) is 2.45. The number of thiazole rings is 1. The summed E-state index contributed by atoms with van der Waals surface area (Å²) in [6.45, 7) is 3.75. The molecule has 3 heterocycles. The predicted molar refractivity (Wildman–Crippen MR) is 84.6 cm³/mol. The Balaban J connectivity index is 1.86. The first-order valence-corrected chi connectivity index (χ1v) is 8.31. The van der Waals surface area contributed by atoms with Gasteiger partial charge in [-0.05, 0) is 31.3 Å². The highest BCUT2D eigenvalue weighted by molar-refractivity contribution is 7.11. The number of ether oxygens (including phenoxy) is 1. The molecule has 0 aliphatic carbocycles. The number of hydrogen-bond donors (Lipinski definition) is 1. The third-order valence-electron chi connectivity index (χ3n) is 3.42. The number of likely N-dealkylation sites (N-methyl/N-ethyl adjacent to an activating group) is 1. The summed E-state index contributed by atoms with van der Waals surface area (Å²) in [6.07, 6.45) is 2.60. The molecule has 108 valence electrons. The van der Waals surface area contributed by atoms with Gasteiger partial charge in [-0.3, -0.25) is 0 Å². The zero-order valence-corrected chi connectivity index (χ0v) is 13.3. The summed E-state index contributed by atoms with van der Waals surface area (Å²) in [7, 11) is 2.07. The highest BCUT2D eigenvalue weighted by Crippen LogP contribution is 2.39. The molecule has 0 saturated carbocycles. The van der Waals surface area contributed by atoms with E-state index < -0.39 is 0 Å². The van der Waals surface area contributed by atoms with Crippen LogP contribution in [-0.4, -0.2) is 35.7 Å². The molecule has 1 aliphatic rings. The van der Waals surface area contributed by atoms with Crippen LogP contribution in [0.3, 0.4) is 0 Å².